The van der Waals surface area contributed by atoms with Gasteiger partial charge in [0.1, 0.15) is 5.82 Å². The lowest BCUT2D eigenvalue weighted by molar-refractivity contribution is 0.268. The Labute approximate surface area is 83.8 Å². The highest BCUT2D eigenvalue weighted by molar-refractivity contribution is 5.45. The Balaban J connectivity index is 2.62. The quantitative estimate of drug-likeness (QED) is 0.759. The number of hydrogen-bond acceptors (Lipinski definition) is 2. The van der Waals surface area contributed by atoms with Gasteiger partial charge in [0.05, 0.1) is 12.3 Å². The molecule has 1 aromatic rings. The van der Waals surface area contributed by atoms with Gasteiger partial charge in [-0.25, -0.2) is 4.39 Å². The molecule has 78 valence electrons. The van der Waals surface area contributed by atoms with Crippen molar-refractivity contribution in [1.82, 2.24) is 0 Å². The first-order valence-corrected chi connectivity index (χ1v) is 4.89. The summed E-state index contributed by atoms with van der Waals surface area (Å²) in [7, 11) is 0. The molecule has 0 amide bonds. The molecule has 0 aliphatic rings. The Morgan fingerprint density at radius 3 is 2.71 bits per heavy atom. The van der Waals surface area contributed by atoms with Crippen molar-refractivity contribution in [2.75, 3.05) is 11.9 Å². The molecule has 0 radical (unpaired) electrons. The zero-order chi connectivity index (χ0) is 10.4. The second-order valence-corrected chi connectivity index (χ2v) is 3.29. The minimum absolute atomic E-state index is 0.0299. The summed E-state index contributed by atoms with van der Waals surface area (Å²) < 4.78 is 13.2. The number of aliphatic hydroxyl groups is 1. The van der Waals surface area contributed by atoms with Gasteiger partial charge in [0.2, 0.25) is 0 Å². The lowest BCUT2D eigenvalue weighted by Gasteiger charge is -2.16. The van der Waals surface area contributed by atoms with Gasteiger partial charge in [-0.2, -0.15) is 0 Å². The Morgan fingerprint density at radius 2 is 2.14 bits per heavy atom. The average Bonchev–Trinajstić information content (AvgIpc) is 2.20. The molecule has 1 unspecified atom stereocenters. The van der Waals surface area contributed by atoms with E-state index in [2.05, 4.69) is 5.32 Å². The third kappa shape index (κ3) is 3.00. The van der Waals surface area contributed by atoms with Crippen molar-refractivity contribution in [2.45, 2.75) is 25.8 Å². The summed E-state index contributed by atoms with van der Waals surface area (Å²) in [6, 6.07) is 6.44. The van der Waals surface area contributed by atoms with Gasteiger partial charge in [0.15, 0.2) is 0 Å². The van der Waals surface area contributed by atoms with Crippen LogP contribution in [-0.4, -0.2) is 17.8 Å². The van der Waals surface area contributed by atoms with Crippen molar-refractivity contribution in [1.29, 1.82) is 0 Å². The van der Waals surface area contributed by atoms with E-state index in [9.17, 15) is 4.39 Å². The molecule has 0 aliphatic carbocycles. The summed E-state index contributed by atoms with van der Waals surface area (Å²) in [5.41, 5.74) is 0.458. The van der Waals surface area contributed by atoms with Crippen molar-refractivity contribution < 1.29 is 9.50 Å². The third-order valence-electron chi connectivity index (χ3n) is 2.09. The van der Waals surface area contributed by atoms with Gasteiger partial charge in [0.25, 0.3) is 0 Å². The lowest BCUT2D eigenvalue weighted by Crippen LogP contribution is -2.23. The zero-order valence-corrected chi connectivity index (χ0v) is 8.33. The first-order chi connectivity index (χ1) is 6.77. The number of halogens is 1. The van der Waals surface area contributed by atoms with E-state index in [1.54, 1.807) is 18.2 Å². The molecule has 0 aromatic heterocycles. The van der Waals surface area contributed by atoms with Crippen LogP contribution in [0.4, 0.5) is 10.1 Å². The highest BCUT2D eigenvalue weighted by Gasteiger charge is 2.07. The molecular weight excluding hydrogens is 181 g/mol. The second kappa shape index (κ2) is 5.60. The van der Waals surface area contributed by atoms with Gasteiger partial charge in [-0.1, -0.05) is 25.5 Å². The maximum atomic E-state index is 13.2. The van der Waals surface area contributed by atoms with Crippen LogP contribution in [0.1, 0.15) is 19.8 Å². The SMILES string of the molecule is CCCC(CO)Nc1ccccc1F. The molecule has 2 nitrogen and oxygen atoms in total. The van der Waals surface area contributed by atoms with Crippen LogP contribution in [0.5, 0.6) is 0 Å². The van der Waals surface area contributed by atoms with Gasteiger partial charge in [-0.05, 0) is 18.6 Å². The molecule has 0 saturated carbocycles. The van der Waals surface area contributed by atoms with Crippen LogP contribution in [-0.2, 0) is 0 Å². The Bertz CT molecular complexity index is 278. The molecule has 2 N–H and O–H groups in total. The highest BCUT2D eigenvalue weighted by atomic mass is 19.1. The van der Waals surface area contributed by atoms with Crippen LogP contribution in [0, 0.1) is 5.82 Å². The predicted molar refractivity (Wildman–Crippen MR) is 55.8 cm³/mol. The molecule has 1 atom stereocenters. The highest BCUT2D eigenvalue weighted by Crippen LogP contribution is 2.14. The molecule has 0 heterocycles. The largest absolute Gasteiger partial charge is 0.394 e. The third-order valence-corrected chi connectivity index (χ3v) is 2.09. The van der Waals surface area contributed by atoms with Crippen molar-refractivity contribution in [3.05, 3.63) is 30.1 Å². The first-order valence-electron chi connectivity index (χ1n) is 4.89. The standard InChI is InChI=1S/C11H16FNO/c1-2-5-9(8-14)13-11-7-4-3-6-10(11)12/h3-4,6-7,9,13-14H,2,5,8H2,1H3. The Morgan fingerprint density at radius 1 is 1.43 bits per heavy atom. The first kappa shape index (κ1) is 11.0. The van der Waals surface area contributed by atoms with E-state index in [0.29, 0.717) is 5.69 Å². The Kier molecular flexibility index (Phi) is 4.40. The fourth-order valence-electron chi connectivity index (χ4n) is 1.36. The fraction of sp³-hybridized carbons (Fsp3) is 0.455. The van der Waals surface area contributed by atoms with Crippen LogP contribution >= 0.6 is 0 Å². The maximum Gasteiger partial charge on any atom is 0.146 e. The fourth-order valence-corrected chi connectivity index (χ4v) is 1.36. The van der Waals surface area contributed by atoms with Crippen molar-refractivity contribution in [3.8, 4) is 0 Å². The average molecular weight is 197 g/mol. The van der Waals surface area contributed by atoms with Gasteiger partial charge < -0.3 is 10.4 Å². The minimum atomic E-state index is -0.276. The second-order valence-electron chi connectivity index (χ2n) is 3.29. The van der Waals surface area contributed by atoms with E-state index in [1.165, 1.54) is 6.07 Å². The maximum absolute atomic E-state index is 13.2. The monoisotopic (exact) mass is 197 g/mol. The minimum Gasteiger partial charge on any atom is -0.394 e. The van der Waals surface area contributed by atoms with Crippen LogP contribution in [0.2, 0.25) is 0 Å². The molecule has 0 fully saturated rings. The molecule has 1 aromatic carbocycles. The molecule has 1 rings (SSSR count). The molecule has 0 aliphatic heterocycles. The van der Waals surface area contributed by atoms with Crippen molar-refractivity contribution in [3.63, 3.8) is 0 Å². The summed E-state index contributed by atoms with van der Waals surface area (Å²) in [5.74, 6) is -0.276. The smallest absolute Gasteiger partial charge is 0.146 e. The molecule has 0 bridgehead atoms. The van der Waals surface area contributed by atoms with Gasteiger partial charge >= 0.3 is 0 Å². The van der Waals surface area contributed by atoms with E-state index < -0.39 is 0 Å². The molecule has 0 saturated heterocycles. The molecular formula is C11H16FNO. The molecule has 14 heavy (non-hydrogen) atoms. The van der Waals surface area contributed by atoms with Gasteiger partial charge in [-0.15, -0.1) is 0 Å². The van der Waals surface area contributed by atoms with Crippen molar-refractivity contribution >= 4 is 5.69 Å². The van der Waals surface area contributed by atoms with Crippen molar-refractivity contribution in [2.24, 2.45) is 0 Å². The van der Waals surface area contributed by atoms with E-state index in [-0.39, 0.29) is 18.5 Å². The van der Waals surface area contributed by atoms with Gasteiger partial charge in [-0.3, -0.25) is 0 Å². The number of hydrogen-bond donors (Lipinski definition) is 2. The van der Waals surface area contributed by atoms with E-state index in [1.807, 2.05) is 6.92 Å². The summed E-state index contributed by atoms with van der Waals surface area (Å²) in [6.45, 7) is 2.06. The normalized spacial score (nSPS) is 12.5. The topological polar surface area (TPSA) is 32.3 Å². The Hall–Kier alpha value is -1.09. The number of anilines is 1. The number of aliphatic hydroxyl groups excluding tert-OH is 1. The lowest BCUT2D eigenvalue weighted by atomic mass is 10.1. The number of para-hydroxylation sites is 1. The van der Waals surface area contributed by atoms with Crippen LogP contribution in [0.3, 0.4) is 0 Å². The summed E-state index contributed by atoms with van der Waals surface area (Å²) in [5, 5.41) is 12.0. The summed E-state index contributed by atoms with van der Waals surface area (Å²) in [6.07, 6.45) is 1.80. The summed E-state index contributed by atoms with van der Waals surface area (Å²) in [4.78, 5) is 0. The predicted octanol–water partition coefficient (Wildman–Crippen LogP) is 2.40. The van der Waals surface area contributed by atoms with E-state index in [0.717, 1.165) is 12.8 Å². The summed E-state index contributed by atoms with van der Waals surface area (Å²) >= 11 is 0. The molecule has 0 spiro atoms. The van der Waals surface area contributed by atoms with Gasteiger partial charge in [0, 0.05) is 6.04 Å². The van der Waals surface area contributed by atoms with Crippen LogP contribution in [0.15, 0.2) is 24.3 Å². The number of rotatable bonds is 5. The van der Waals surface area contributed by atoms with Crippen LogP contribution in [0.25, 0.3) is 0 Å². The zero-order valence-electron chi connectivity index (χ0n) is 8.33. The van der Waals surface area contributed by atoms with Crippen LogP contribution < -0.4 is 5.32 Å². The van der Waals surface area contributed by atoms with E-state index in [4.69, 9.17) is 5.11 Å². The number of benzene rings is 1. The van der Waals surface area contributed by atoms with E-state index >= 15 is 0 Å². The molecule has 3 heteroatoms. The number of nitrogens with one attached hydrogen (secondary N) is 1.